The molecular weight excluding hydrogens is 637 g/mol. The predicted octanol–water partition coefficient (Wildman–Crippen LogP) is 14.0. The van der Waals surface area contributed by atoms with Crippen LogP contribution >= 0.6 is 11.3 Å². The van der Waals surface area contributed by atoms with E-state index in [0.717, 1.165) is 28.5 Å². The highest BCUT2D eigenvalue weighted by atomic mass is 32.1. The Labute approximate surface area is 305 Å². The fourth-order valence-corrected chi connectivity index (χ4v) is 8.26. The van der Waals surface area contributed by atoms with Crippen LogP contribution in [0.4, 0.5) is 0 Å². The molecule has 0 radical (unpaired) electrons. The van der Waals surface area contributed by atoms with Crippen LogP contribution in [-0.2, 0) is 0 Å². The number of thiophene rings is 1. The number of fused-ring (bicyclic) bond motifs is 5. The number of hydrogen-bond acceptors (Lipinski definition) is 2. The summed E-state index contributed by atoms with van der Waals surface area (Å²) in [5, 5.41) is 5.45. The summed E-state index contributed by atoms with van der Waals surface area (Å²) in [7, 11) is 0. The molecule has 3 heteroatoms. The van der Waals surface area contributed by atoms with E-state index in [0.29, 0.717) is 0 Å². The van der Waals surface area contributed by atoms with Gasteiger partial charge in [-0.1, -0.05) is 127 Å². The molecule has 2 nitrogen and oxygen atoms in total. The Morgan fingerprint density at radius 2 is 1.39 bits per heavy atom. The van der Waals surface area contributed by atoms with E-state index in [-0.39, 0.29) is 0 Å². The highest BCUT2D eigenvalue weighted by Gasteiger charge is 2.19. The SMILES string of the molecule is C/C=C/c1cc(C)c(-c2ccccc2C)c2c1sc1ccc3ccccc3c12.C=Cc1c(/C=C\C)nc(-c2ccc(C)cc2)n1-c1ccccc1. The maximum absolute atomic E-state index is 4.85. The lowest BCUT2D eigenvalue weighted by atomic mass is 9.89. The summed E-state index contributed by atoms with van der Waals surface area (Å²) in [6.07, 6.45) is 10.3. The minimum Gasteiger partial charge on any atom is -0.292 e. The summed E-state index contributed by atoms with van der Waals surface area (Å²) in [4.78, 5) is 4.85. The number of allylic oxidation sites excluding steroid dienone is 2. The third-order valence-electron chi connectivity index (χ3n) is 9.40. The van der Waals surface area contributed by atoms with Crippen molar-refractivity contribution >= 4 is 60.5 Å². The Morgan fingerprint density at radius 3 is 2.12 bits per heavy atom. The van der Waals surface area contributed by atoms with Crippen LogP contribution in [-0.4, -0.2) is 9.55 Å². The van der Waals surface area contributed by atoms with Crippen molar-refractivity contribution in [3.05, 3.63) is 174 Å². The number of aromatic nitrogens is 2. The first-order valence-electron chi connectivity index (χ1n) is 17.5. The van der Waals surface area contributed by atoms with E-state index in [2.05, 4.69) is 154 Å². The Morgan fingerprint density at radius 1 is 0.686 bits per heavy atom. The van der Waals surface area contributed by atoms with Crippen LogP contribution in [0.3, 0.4) is 0 Å². The van der Waals surface area contributed by atoms with Gasteiger partial charge < -0.3 is 0 Å². The molecule has 0 saturated carbocycles. The second kappa shape index (κ2) is 14.6. The molecule has 6 aromatic carbocycles. The second-order valence-electron chi connectivity index (χ2n) is 12.9. The minimum atomic E-state index is 0.930. The molecule has 0 unspecified atom stereocenters. The zero-order valence-corrected chi connectivity index (χ0v) is 30.8. The van der Waals surface area contributed by atoms with Gasteiger partial charge >= 0.3 is 0 Å². The normalized spacial score (nSPS) is 11.5. The van der Waals surface area contributed by atoms with Crippen molar-refractivity contribution in [3.8, 4) is 28.2 Å². The van der Waals surface area contributed by atoms with Crippen molar-refractivity contribution in [3.63, 3.8) is 0 Å². The molecule has 2 heterocycles. The Bertz CT molecular complexity index is 2580. The van der Waals surface area contributed by atoms with E-state index in [4.69, 9.17) is 4.98 Å². The fraction of sp³-hybridized carbons (Fsp3) is 0.104. The molecule has 0 atom stereocenters. The molecule has 0 bridgehead atoms. The molecule has 8 rings (SSSR count). The molecule has 250 valence electrons. The predicted molar refractivity (Wildman–Crippen MR) is 225 cm³/mol. The van der Waals surface area contributed by atoms with Crippen molar-refractivity contribution in [2.75, 3.05) is 0 Å². The van der Waals surface area contributed by atoms with Crippen molar-refractivity contribution in [1.29, 1.82) is 0 Å². The molecule has 0 fully saturated rings. The van der Waals surface area contributed by atoms with Gasteiger partial charge in [-0.3, -0.25) is 4.57 Å². The van der Waals surface area contributed by atoms with Gasteiger partial charge in [0.25, 0.3) is 0 Å². The summed E-state index contributed by atoms with van der Waals surface area (Å²) in [6.45, 7) is 14.6. The van der Waals surface area contributed by atoms with E-state index >= 15 is 0 Å². The number of aryl methyl sites for hydroxylation is 3. The van der Waals surface area contributed by atoms with E-state index in [9.17, 15) is 0 Å². The number of nitrogens with zero attached hydrogens (tertiary/aromatic N) is 2. The van der Waals surface area contributed by atoms with Crippen LogP contribution in [0, 0.1) is 20.8 Å². The number of para-hydroxylation sites is 1. The summed E-state index contributed by atoms with van der Waals surface area (Å²) in [5.74, 6) is 0.930. The highest BCUT2D eigenvalue weighted by Crippen LogP contribution is 2.46. The largest absolute Gasteiger partial charge is 0.292 e. The third kappa shape index (κ3) is 6.38. The van der Waals surface area contributed by atoms with Crippen molar-refractivity contribution in [2.24, 2.45) is 0 Å². The molecular formula is C48H42N2S. The lowest BCUT2D eigenvalue weighted by molar-refractivity contribution is 1.05. The molecule has 0 spiro atoms. The number of rotatable bonds is 6. The third-order valence-corrected chi connectivity index (χ3v) is 10.6. The van der Waals surface area contributed by atoms with Crippen molar-refractivity contribution < 1.29 is 0 Å². The zero-order chi connectivity index (χ0) is 35.5. The smallest absolute Gasteiger partial charge is 0.145 e. The fourth-order valence-electron chi connectivity index (χ4n) is 7.04. The molecule has 0 amide bonds. The Kier molecular flexibility index (Phi) is 9.65. The summed E-state index contributed by atoms with van der Waals surface area (Å²) >= 11 is 1.92. The standard InChI is InChI=1S/C27H22S.C21H20N2/c1-4-9-20-16-18(3)24(21-12-7-5-10-17(21)2)26-25-22-13-8-6-11-19(22)14-15-23(25)28-27(20)26;1-4-9-19-20(5-2)23(18-10-7-6-8-11-18)21(22-19)17-14-12-16(3)13-15-17/h4-16H,1-3H3;4-15H,2H2,1,3H3/b9-4+;9-4-. The number of imidazole rings is 1. The highest BCUT2D eigenvalue weighted by molar-refractivity contribution is 7.26. The second-order valence-corrected chi connectivity index (χ2v) is 13.9. The Balaban J connectivity index is 0.000000163. The Hall–Kier alpha value is -5.77. The van der Waals surface area contributed by atoms with Gasteiger partial charge in [0.1, 0.15) is 5.82 Å². The van der Waals surface area contributed by atoms with Crippen molar-refractivity contribution in [1.82, 2.24) is 9.55 Å². The van der Waals surface area contributed by atoms with Crippen LogP contribution in [0.25, 0.3) is 77.4 Å². The molecule has 8 aromatic rings. The molecule has 0 saturated heterocycles. The number of benzene rings is 6. The summed E-state index contributed by atoms with van der Waals surface area (Å²) in [5.41, 5.74) is 12.1. The van der Waals surface area contributed by atoms with E-state index in [1.54, 1.807) is 0 Å². The lowest BCUT2D eigenvalue weighted by Gasteiger charge is -2.14. The van der Waals surface area contributed by atoms with E-state index < -0.39 is 0 Å². The summed E-state index contributed by atoms with van der Waals surface area (Å²) in [6, 6.07) is 43.1. The molecule has 0 aliphatic rings. The van der Waals surface area contributed by atoms with E-state index in [1.165, 1.54) is 64.3 Å². The molecule has 2 aromatic heterocycles. The quantitative estimate of drug-likeness (QED) is 0.171. The minimum absolute atomic E-state index is 0.930. The van der Waals surface area contributed by atoms with Gasteiger partial charge in [-0.2, -0.15) is 0 Å². The van der Waals surface area contributed by atoms with Crippen LogP contribution in [0.2, 0.25) is 0 Å². The van der Waals surface area contributed by atoms with Gasteiger partial charge in [-0.25, -0.2) is 4.98 Å². The summed E-state index contributed by atoms with van der Waals surface area (Å²) < 4.78 is 4.90. The van der Waals surface area contributed by atoms with Gasteiger partial charge in [0.15, 0.2) is 0 Å². The van der Waals surface area contributed by atoms with Crippen molar-refractivity contribution in [2.45, 2.75) is 34.6 Å². The maximum atomic E-state index is 4.85. The first-order chi connectivity index (χ1) is 24.9. The topological polar surface area (TPSA) is 17.8 Å². The lowest BCUT2D eigenvalue weighted by Crippen LogP contribution is -1.99. The average molecular weight is 679 g/mol. The molecule has 0 aliphatic carbocycles. The van der Waals surface area contributed by atoms with Gasteiger partial charge in [0.2, 0.25) is 0 Å². The van der Waals surface area contributed by atoms with Gasteiger partial charge in [0, 0.05) is 31.4 Å². The monoisotopic (exact) mass is 678 g/mol. The molecule has 0 aliphatic heterocycles. The van der Waals surface area contributed by atoms with E-state index in [1.807, 2.05) is 54.7 Å². The van der Waals surface area contributed by atoms with Gasteiger partial charge in [-0.15, -0.1) is 11.3 Å². The number of hydrogen-bond donors (Lipinski definition) is 0. The molecule has 51 heavy (non-hydrogen) atoms. The molecule has 0 N–H and O–H groups in total. The van der Waals surface area contributed by atoms with Crippen LogP contribution in [0.15, 0.2) is 140 Å². The first kappa shape index (κ1) is 33.7. The van der Waals surface area contributed by atoms with Gasteiger partial charge in [0.05, 0.1) is 11.4 Å². The average Bonchev–Trinajstić information content (AvgIpc) is 3.73. The van der Waals surface area contributed by atoms with Gasteiger partial charge in [-0.05, 0) is 110 Å². The van der Waals surface area contributed by atoms with Crippen LogP contribution in [0.1, 0.15) is 47.5 Å². The zero-order valence-electron chi connectivity index (χ0n) is 29.9. The first-order valence-corrected chi connectivity index (χ1v) is 18.3. The van der Waals surface area contributed by atoms with Crippen LogP contribution < -0.4 is 0 Å². The maximum Gasteiger partial charge on any atom is 0.145 e. The van der Waals surface area contributed by atoms with Crippen LogP contribution in [0.5, 0.6) is 0 Å².